The molecule has 0 radical (unpaired) electrons. The highest BCUT2D eigenvalue weighted by atomic mass is 32.2. The standard InChI is InChI=1S/C19H22N2O3S/c1-2-6-15-9-11-17(12-10-15)25(23,24)20-18-13-14-21(19(18)22)16-7-4-3-5-8-16/h3-5,7-12,18,20H,2,6,13-14H2,1H3/t18-/m0/s1. The molecule has 0 bridgehead atoms. The van der Waals surface area contributed by atoms with Gasteiger partial charge < -0.3 is 4.90 Å². The van der Waals surface area contributed by atoms with E-state index in [0.29, 0.717) is 13.0 Å². The van der Waals surface area contributed by atoms with E-state index < -0.39 is 16.1 Å². The quantitative estimate of drug-likeness (QED) is 0.863. The first kappa shape index (κ1) is 17.6. The molecule has 0 spiro atoms. The monoisotopic (exact) mass is 358 g/mol. The number of carbonyl (C=O) groups excluding carboxylic acids is 1. The van der Waals surface area contributed by atoms with Crippen molar-refractivity contribution in [3.63, 3.8) is 0 Å². The van der Waals surface area contributed by atoms with Crippen LogP contribution in [0.4, 0.5) is 5.69 Å². The number of carbonyl (C=O) groups is 1. The van der Waals surface area contributed by atoms with E-state index in [1.54, 1.807) is 17.0 Å². The number of rotatable bonds is 6. The fraction of sp³-hybridized carbons (Fsp3) is 0.316. The topological polar surface area (TPSA) is 66.5 Å². The summed E-state index contributed by atoms with van der Waals surface area (Å²) in [6.45, 7) is 2.59. The molecule has 1 saturated heterocycles. The number of sulfonamides is 1. The molecular weight excluding hydrogens is 336 g/mol. The normalized spacial score (nSPS) is 17.9. The predicted molar refractivity (Wildman–Crippen MR) is 98.0 cm³/mol. The third-order valence-electron chi connectivity index (χ3n) is 4.34. The van der Waals surface area contributed by atoms with E-state index in [2.05, 4.69) is 11.6 Å². The van der Waals surface area contributed by atoms with Crippen molar-refractivity contribution >= 4 is 21.6 Å². The van der Waals surface area contributed by atoms with Gasteiger partial charge >= 0.3 is 0 Å². The van der Waals surface area contributed by atoms with E-state index in [0.717, 1.165) is 24.1 Å². The van der Waals surface area contributed by atoms with Crippen LogP contribution in [0, 0.1) is 0 Å². The van der Waals surface area contributed by atoms with Crippen LogP contribution >= 0.6 is 0 Å². The Kier molecular flexibility index (Phi) is 5.20. The minimum Gasteiger partial charge on any atom is -0.311 e. The summed E-state index contributed by atoms with van der Waals surface area (Å²) in [4.78, 5) is 14.4. The Morgan fingerprint density at radius 1 is 1.08 bits per heavy atom. The van der Waals surface area contributed by atoms with Gasteiger partial charge in [0.25, 0.3) is 0 Å². The van der Waals surface area contributed by atoms with Crippen molar-refractivity contribution in [2.24, 2.45) is 0 Å². The highest BCUT2D eigenvalue weighted by Gasteiger charge is 2.35. The summed E-state index contributed by atoms with van der Waals surface area (Å²) < 4.78 is 27.7. The van der Waals surface area contributed by atoms with Crippen LogP contribution in [0.15, 0.2) is 59.5 Å². The van der Waals surface area contributed by atoms with Gasteiger partial charge in [-0.15, -0.1) is 0 Å². The van der Waals surface area contributed by atoms with Crippen LogP contribution in [0.25, 0.3) is 0 Å². The number of nitrogens with zero attached hydrogens (tertiary/aromatic N) is 1. The summed E-state index contributed by atoms with van der Waals surface area (Å²) in [5.74, 6) is -0.211. The maximum atomic E-state index is 12.6. The summed E-state index contributed by atoms with van der Waals surface area (Å²) in [6.07, 6.45) is 2.39. The van der Waals surface area contributed by atoms with E-state index in [1.165, 1.54) is 0 Å². The zero-order chi connectivity index (χ0) is 17.9. The second-order valence-electron chi connectivity index (χ2n) is 6.18. The molecule has 25 heavy (non-hydrogen) atoms. The number of amides is 1. The Balaban J connectivity index is 1.72. The lowest BCUT2D eigenvalue weighted by atomic mass is 10.1. The summed E-state index contributed by atoms with van der Waals surface area (Å²) >= 11 is 0. The Morgan fingerprint density at radius 3 is 2.40 bits per heavy atom. The van der Waals surface area contributed by atoms with Crippen molar-refractivity contribution in [3.05, 3.63) is 60.2 Å². The molecule has 1 atom stereocenters. The number of hydrogen-bond donors (Lipinski definition) is 1. The smallest absolute Gasteiger partial charge is 0.245 e. The molecule has 3 rings (SSSR count). The summed E-state index contributed by atoms with van der Waals surface area (Å²) in [5.41, 5.74) is 1.90. The summed E-state index contributed by atoms with van der Waals surface area (Å²) in [7, 11) is -3.71. The van der Waals surface area contributed by atoms with Gasteiger partial charge in [-0.3, -0.25) is 4.79 Å². The van der Waals surface area contributed by atoms with Gasteiger partial charge in [-0.2, -0.15) is 4.72 Å². The molecule has 5 nitrogen and oxygen atoms in total. The van der Waals surface area contributed by atoms with Crippen LogP contribution in [0.3, 0.4) is 0 Å². The second kappa shape index (κ2) is 7.37. The van der Waals surface area contributed by atoms with Crippen molar-refractivity contribution in [2.75, 3.05) is 11.4 Å². The number of anilines is 1. The molecule has 132 valence electrons. The maximum absolute atomic E-state index is 12.6. The maximum Gasteiger partial charge on any atom is 0.245 e. The first-order valence-electron chi connectivity index (χ1n) is 8.49. The lowest BCUT2D eigenvalue weighted by Crippen LogP contribution is -2.41. The van der Waals surface area contributed by atoms with Crippen LogP contribution in [-0.4, -0.2) is 26.9 Å². The number of aryl methyl sites for hydroxylation is 1. The molecule has 0 saturated carbocycles. The zero-order valence-corrected chi connectivity index (χ0v) is 15.0. The fourth-order valence-electron chi connectivity index (χ4n) is 3.03. The number of hydrogen-bond acceptors (Lipinski definition) is 3. The lowest BCUT2D eigenvalue weighted by molar-refractivity contribution is -0.118. The average molecular weight is 358 g/mol. The minimum absolute atomic E-state index is 0.193. The van der Waals surface area contributed by atoms with E-state index >= 15 is 0 Å². The van der Waals surface area contributed by atoms with Crippen molar-refractivity contribution in [2.45, 2.75) is 37.1 Å². The highest BCUT2D eigenvalue weighted by Crippen LogP contribution is 2.22. The third-order valence-corrected chi connectivity index (χ3v) is 5.83. The van der Waals surface area contributed by atoms with Gasteiger partial charge in [-0.05, 0) is 42.7 Å². The Hall–Kier alpha value is -2.18. The summed E-state index contributed by atoms with van der Waals surface area (Å²) in [5, 5.41) is 0. The molecule has 1 aliphatic heterocycles. The first-order chi connectivity index (χ1) is 12.0. The zero-order valence-electron chi connectivity index (χ0n) is 14.2. The second-order valence-corrected chi connectivity index (χ2v) is 7.90. The minimum atomic E-state index is -3.71. The lowest BCUT2D eigenvalue weighted by Gasteiger charge is -2.17. The molecule has 1 amide bonds. The van der Waals surface area contributed by atoms with Gasteiger partial charge in [0.15, 0.2) is 0 Å². The van der Waals surface area contributed by atoms with Crippen LogP contribution in [0.1, 0.15) is 25.3 Å². The molecule has 1 heterocycles. The van der Waals surface area contributed by atoms with Crippen LogP contribution in [-0.2, 0) is 21.2 Å². The van der Waals surface area contributed by atoms with Crippen LogP contribution in [0.5, 0.6) is 0 Å². The highest BCUT2D eigenvalue weighted by molar-refractivity contribution is 7.89. The molecule has 1 N–H and O–H groups in total. The predicted octanol–water partition coefficient (Wildman–Crippen LogP) is 2.72. The third kappa shape index (κ3) is 3.91. The van der Waals surface area contributed by atoms with Gasteiger partial charge in [-0.25, -0.2) is 8.42 Å². The van der Waals surface area contributed by atoms with Crippen molar-refractivity contribution in [3.8, 4) is 0 Å². The van der Waals surface area contributed by atoms with Gasteiger partial charge in [0, 0.05) is 12.2 Å². The van der Waals surface area contributed by atoms with E-state index in [9.17, 15) is 13.2 Å². The Labute approximate surface area is 148 Å². The van der Waals surface area contributed by atoms with Crippen molar-refractivity contribution in [1.29, 1.82) is 0 Å². The summed E-state index contributed by atoms with van der Waals surface area (Å²) in [6, 6.07) is 15.4. The number of benzene rings is 2. The van der Waals surface area contributed by atoms with Gasteiger partial charge in [0.1, 0.15) is 6.04 Å². The molecule has 1 fully saturated rings. The van der Waals surface area contributed by atoms with Gasteiger partial charge in [0.05, 0.1) is 4.90 Å². The SMILES string of the molecule is CCCc1ccc(S(=O)(=O)N[C@H]2CCN(c3ccccc3)C2=O)cc1. The van der Waals surface area contributed by atoms with Crippen molar-refractivity contribution in [1.82, 2.24) is 4.72 Å². The molecule has 6 heteroatoms. The molecule has 0 unspecified atom stereocenters. The van der Waals surface area contributed by atoms with Crippen LogP contribution in [0.2, 0.25) is 0 Å². The molecule has 2 aromatic carbocycles. The largest absolute Gasteiger partial charge is 0.311 e. The van der Waals surface area contributed by atoms with Crippen LogP contribution < -0.4 is 9.62 Å². The van der Waals surface area contributed by atoms with Gasteiger partial charge in [0.2, 0.25) is 15.9 Å². The Bertz CT molecular complexity index is 833. The molecule has 1 aliphatic rings. The van der Waals surface area contributed by atoms with Crippen molar-refractivity contribution < 1.29 is 13.2 Å². The van der Waals surface area contributed by atoms with E-state index in [4.69, 9.17) is 0 Å². The molecule has 0 aliphatic carbocycles. The van der Waals surface area contributed by atoms with E-state index in [-0.39, 0.29) is 10.8 Å². The molecular formula is C19H22N2O3S. The van der Waals surface area contributed by atoms with Gasteiger partial charge in [-0.1, -0.05) is 43.7 Å². The fourth-order valence-corrected chi connectivity index (χ4v) is 4.26. The first-order valence-corrected chi connectivity index (χ1v) is 9.97. The Morgan fingerprint density at radius 2 is 1.76 bits per heavy atom. The number of para-hydroxylation sites is 1. The molecule has 0 aromatic heterocycles. The van der Waals surface area contributed by atoms with E-state index in [1.807, 2.05) is 42.5 Å². The molecule has 2 aromatic rings. The number of nitrogens with one attached hydrogen (secondary N) is 1. The average Bonchev–Trinajstić information content (AvgIpc) is 2.97.